The Morgan fingerprint density at radius 2 is 2.06 bits per heavy atom. The first-order valence-electron chi connectivity index (χ1n) is 5.80. The molecule has 1 aromatic rings. The van der Waals surface area contributed by atoms with Gasteiger partial charge in [-0.3, -0.25) is 0 Å². The number of nitrogen functional groups attached to an aromatic ring is 1. The van der Waals surface area contributed by atoms with Crippen molar-refractivity contribution in [2.45, 2.75) is 26.7 Å². The highest BCUT2D eigenvalue weighted by molar-refractivity contribution is 6.31. The van der Waals surface area contributed by atoms with E-state index >= 15 is 0 Å². The van der Waals surface area contributed by atoms with Gasteiger partial charge in [0.2, 0.25) is 0 Å². The summed E-state index contributed by atoms with van der Waals surface area (Å²) in [6, 6.07) is 4.77. The van der Waals surface area contributed by atoms with Crippen LogP contribution in [0.2, 0.25) is 5.02 Å². The highest BCUT2D eigenvalue weighted by Gasteiger charge is 2.13. The Hall–Kier alpha value is -1.22. The van der Waals surface area contributed by atoms with Crippen molar-refractivity contribution in [2.24, 2.45) is 5.92 Å². The number of carbonyl (C=O) groups is 1. The van der Waals surface area contributed by atoms with Crippen LogP contribution in [0.1, 0.15) is 37.0 Å². The van der Waals surface area contributed by atoms with Gasteiger partial charge < -0.3 is 10.5 Å². The molecule has 0 saturated heterocycles. The lowest BCUT2D eigenvalue weighted by molar-refractivity contribution is 0.0434. The van der Waals surface area contributed by atoms with Gasteiger partial charge in [0, 0.05) is 10.7 Å². The van der Waals surface area contributed by atoms with Gasteiger partial charge in [-0.2, -0.15) is 0 Å². The van der Waals surface area contributed by atoms with E-state index in [0.717, 1.165) is 12.8 Å². The summed E-state index contributed by atoms with van der Waals surface area (Å²) in [5.74, 6) is 0.0264. The predicted octanol–water partition coefficient (Wildman–Crippen LogP) is 3.52. The van der Waals surface area contributed by atoms with E-state index in [2.05, 4.69) is 13.8 Å². The van der Waals surface area contributed by atoms with Gasteiger partial charge in [0.25, 0.3) is 0 Å². The van der Waals surface area contributed by atoms with E-state index in [0.29, 0.717) is 28.8 Å². The summed E-state index contributed by atoms with van der Waals surface area (Å²) in [4.78, 5) is 11.8. The summed E-state index contributed by atoms with van der Waals surface area (Å²) < 4.78 is 5.23. The second kappa shape index (κ2) is 6.50. The highest BCUT2D eigenvalue weighted by atomic mass is 35.5. The van der Waals surface area contributed by atoms with Crippen LogP contribution < -0.4 is 5.73 Å². The third kappa shape index (κ3) is 3.93. The van der Waals surface area contributed by atoms with Crippen LogP contribution in [0.25, 0.3) is 0 Å². The lowest BCUT2D eigenvalue weighted by Gasteiger charge is -2.13. The molecule has 0 aliphatic carbocycles. The molecule has 0 bridgehead atoms. The molecule has 0 saturated carbocycles. The minimum absolute atomic E-state index is 0.354. The molecule has 17 heavy (non-hydrogen) atoms. The Labute approximate surface area is 107 Å². The van der Waals surface area contributed by atoms with Crippen LogP contribution in [0.3, 0.4) is 0 Å². The fourth-order valence-electron chi connectivity index (χ4n) is 1.52. The summed E-state index contributed by atoms with van der Waals surface area (Å²) in [6.07, 6.45) is 2.00. The first kappa shape index (κ1) is 13.8. The minimum atomic E-state index is -0.383. The van der Waals surface area contributed by atoms with E-state index in [-0.39, 0.29) is 5.97 Å². The molecule has 0 amide bonds. The summed E-state index contributed by atoms with van der Waals surface area (Å²) >= 11 is 5.76. The quantitative estimate of drug-likeness (QED) is 0.647. The largest absolute Gasteiger partial charge is 0.462 e. The number of ether oxygens (including phenoxy) is 1. The molecular weight excluding hydrogens is 238 g/mol. The van der Waals surface area contributed by atoms with Gasteiger partial charge in [-0.25, -0.2) is 4.79 Å². The van der Waals surface area contributed by atoms with Gasteiger partial charge in [0.05, 0.1) is 12.2 Å². The lowest BCUT2D eigenvalue weighted by Crippen LogP contribution is -2.14. The van der Waals surface area contributed by atoms with Crippen LogP contribution in [-0.4, -0.2) is 12.6 Å². The predicted molar refractivity (Wildman–Crippen MR) is 70.2 cm³/mol. The van der Waals surface area contributed by atoms with Gasteiger partial charge in [0.1, 0.15) is 0 Å². The Morgan fingerprint density at radius 3 is 2.59 bits per heavy atom. The molecule has 0 atom stereocenters. The van der Waals surface area contributed by atoms with Gasteiger partial charge in [-0.1, -0.05) is 38.3 Å². The Kier molecular flexibility index (Phi) is 5.29. The molecule has 4 heteroatoms. The monoisotopic (exact) mass is 255 g/mol. The molecule has 0 aliphatic rings. The van der Waals surface area contributed by atoms with E-state index in [1.165, 1.54) is 0 Å². The second-order valence-corrected chi connectivity index (χ2v) is 4.45. The smallest absolute Gasteiger partial charge is 0.340 e. The van der Waals surface area contributed by atoms with Crippen molar-refractivity contribution in [3.05, 3.63) is 28.8 Å². The standard InChI is InChI=1S/C13H18ClNO2/c1-3-9(4-2)8-17-13(16)11-6-5-10(14)7-12(11)15/h5-7,9H,3-4,8,15H2,1-2H3. The van der Waals surface area contributed by atoms with Gasteiger partial charge >= 0.3 is 5.97 Å². The summed E-state index contributed by atoms with van der Waals surface area (Å²) in [6.45, 7) is 4.60. The molecule has 2 N–H and O–H groups in total. The molecule has 0 unspecified atom stereocenters. The molecule has 0 fully saturated rings. The van der Waals surface area contributed by atoms with Crippen LogP contribution in [-0.2, 0) is 4.74 Å². The van der Waals surface area contributed by atoms with Crippen molar-refractivity contribution in [1.29, 1.82) is 0 Å². The Morgan fingerprint density at radius 1 is 1.41 bits per heavy atom. The van der Waals surface area contributed by atoms with Crippen LogP contribution in [0.4, 0.5) is 5.69 Å². The SMILES string of the molecule is CCC(CC)COC(=O)c1ccc(Cl)cc1N. The molecule has 0 spiro atoms. The molecule has 0 heterocycles. The molecule has 1 rings (SSSR count). The molecule has 0 aliphatic heterocycles. The zero-order valence-corrected chi connectivity index (χ0v) is 11.0. The van der Waals surface area contributed by atoms with Gasteiger partial charge in [-0.15, -0.1) is 0 Å². The first-order chi connectivity index (χ1) is 8.08. The van der Waals surface area contributed by atoms with Crippen LogP contribution >= 0.6 is 11.6 Å². The number of benzene rings is 1. The highest BCUT2D eigenvalue weighted by Crippen LogP contribution is 2.19. The van der Waals surface area contributed by atoms with Crippen molar-refractivity contribution >= 4 is 23.3 Å². The number of carbonyl (C=O) groups excluding carboxylic acids is 1. The summed E-state index contributed by atoms with van der Waals surface area (Å²) in [7, 11) is 0. The number of nitrogens with two attached hydrogens (primary N) is 1. The van der Waals surface area contributed by atoms with Gasteiger partial charge in [0.15, 0.2) is 0 Å². The molecule has 1 aromatic carbocycles. The zero-order valence-electron chi connectivity index (χ0n) is 10.2. The number of halogens is 1. The average molecular weight is 256 g/mol. The number of hydrogen-bond donors (Lipinski definition) is 1. The van der Waals surface area contributed by atoms with Crippen molar-refractivity contribution in [3.8, 4) is 0 Å². The maximum atomic E-state index is 11.8. The molecule has 0 aromatic heterocycles. The third-order valence-electron chi connectivity index (χ3n) is 2.84. The topological polar surface area (TPSA) is 52.3 Å². The average Bonchev–Trinajstić information content (AvgIpc) is 2.30. The lowest BCUT2D eigenvalue weighted by atomic mass is 10.1. The first-order valence-corrected chi connectivity index (χ1v) is 6.18. The Balaban J connectivity index is 2.64. The number of anilines is 1. The van der Waals surface area contributed by atoms with Crippen molar-refractivity contribution in [2.75, 3.05) is 12.3 Å². The number of hydrogen-bond acceptors (Lipinski definition) is 3. The molecule has 3 nitrogen and oxygen atoms in total. The van der Waals surface area contributed by atoms with Crippen molar-refractivity contribution in [3.63, 3.8) is 0 Å². The van der Waals surface area contributed by atoms with Crippen molar-refractivity contribution < 1.29 is 9.53 Å². The van der Waals surface area contributed by atoms with E-state index in [4.69, 9.17) is 22.1 Å². The van der Waals surface area contributed by atoms with E-state index in [1.807, 2.05) is 0 Å². The maximum absolute atomic E-state index is 11.8. The van der Waals surface area contributed by atoms with Gasteiger partial charge in [-0.05, 0) is 24.1 Å². The summed E-state index contributed by atoms with van der Waals surface area (Å²) in [5, 5.41) is 0.513. The zero-order chi connectivity index (χ0) is 12.8. The fourth-order valence-corrected chi connectivity index (χ4v) is 1.70. The second-order valence-electron chi connectivity index (χ2n) is 4.01. The molecular formula is C13H18ClNO2. The van der Waals surface area contributed by atoms with E-state index in [9.17, 15) is 4.79 Å². The van der Waals surface area contributed by atoms with Crippen LogP contribution in [0.15, 0.2) is 18.2 Å². The number of esters is 1. The normalized spacial score (nSPS) is 10.6. The summed E-state index contributed by atoms with van der Waals surface area (Å²) in [5.41, 5.74) is 6.44. The molecule has 94 valence electrons. The molecule has 0 radical (unpaired) electrons. The van der Waals surface area contributed by atoms with E-state index in [1.54, 1.807) is 18.2 Å². The van der Waals surface area contributed by atoms with E-state index < -0.39 is 0 Å². The third-order valence-corrected chi connectivity index (χ3v) is 3.07. The maximum Gasteiger partial charge on any atom is 0.340 e. The number of rotatable bonds is 5. The minimum Gasteiger partial charge on any atom is -0.462 e. The van der Waals surface area contributed by atoms with Crippen molar-refractivity contribution in [1.82, 2.24) is 0 Å². The van der Waals surface area contributed by atoms with Crippen LogP contribution in [0, 0.1) is 5.92 Å². The van der Waals surface area contributed by atoms with Crippen LogP contribution in [0.5, 0.6) is 0 Å². The fraction of sp³-hybridized carbons (Fsp3) is 0.462. The Bertz CT molecular complexity index is 389.